The zero-order valence-electron chi connectivity index (χ0n) is 17.5. The van der Waals surface area contributed by atoms with Crippen molar-refractivity contribution in [3.8, 4) is 0 Å². The van der Waals surface area contributed by atoms with Gasteiger partial charge in [-0.1, -0.05) is 72.8 Å². The van der Waals surface area contributed by atoms with Crippen molar-refractivity contribution in [2.75, 3.05) is 6.61 Å². The van der Waals surface area contributed by atoms with E-state index in [1.807, 2.05) is 12.1 Å². The normalized spacial score (nSPS) is 12.3. The Morgan fingerprint density at radius 3 is 1.76 bits per heavy atom. The zero-order chi connectivity index (χ0) is 23.8. The molecule has 172 valence electrons. The first-order valence-electron chi connectivity index (χ1n) is 10.2. The molecule has 0 unspecified atom stereocenters. The van der Waals surface area contributed by atoms with Gasteiger partial charge in [-0.2, -0.15) is 13.2 Å². The highest BCUT2D eigenvalue weighted by molar-refractivity contribution is 5.92. The molecule has 0 aliphatic heterocycles. The highest BCUT2D eigenvalue weighted by atomic mass is 19.4. The van der Waals surface area contributed by atoms with E-state index in [2.05, 4.69) is 10.6 Å². The average molecular weight is 456 g/mol. The molecule has 0 spiro atoms. The largest absolute Gasteiger partial charge is 0.416 e. The SMILES string of the molecule is O=C(N[C@@H](CO)C(=O)NCc1ccc(C(F)(F)F)cc1)C(c1ccccc1)c1ccccc1. The third-order valence-electron chi connectivity index (χ3n) is 5.09. The Hall–Kier alpha value is -3.65. The lowest BCUT2D eigenvalue weighted by Crippen LogP contribution is -2.50. The molecule has 0 heterocycles. The van der Waals surface area contributed by atoms with Crippen molar-refractivity contribution in [1.29, 1.82) is 0 Å². The number of benzene rings is 3. The van der Waals surface area contributed by atoms with E-state index in [0.717, 1.165) is 23.3 Å². The summed E-state index contributed by atoms with van der Waals surface area (Å²) in [5.41, 5.74) is 1.11. The van der Waals surface area contributed by atoms with Crippen molar-refractivity contribution in [2.45, 2.75) is 24.7 Å². The molecule has 1 atom stereocenters. The van der Waals surface area contributed by atoms with Crippen LogP contribution in [-0.4, -0.2) is 29.6 Å². The summed E-state index contributed by atoms with van der Waals surface area (Å²) >= 11 is 0. The van der Waals surface area contributed by atoms with Gasteiger partial charge >= 0.3 is 6.18 Å². The van der Waals surface area contributed by atoms with Crippen LogP contribution in [0, 0.1) is 0 Å². The number of hydrogen-bond donors (Lipinski definition) is 3. The fraction of sp³-hybridized carbons (Fsp3) is 0.200. The minimum atomic E-state index is -4.44. The minimum absolute atomic E-state index is 0.0514. The lowest BCUT2D eigenvalue weighted by atomic mass is 9.90. The predicted octanol–water partition coefficient (Wildman–Crippen LogP) is 3.63. The van der Waals surface area contributed by atoms with Crippen molar-refractivity contribution >= 4 is 11.8 Å². The molecule has 0 radical (unpaired) electrons. The quantitative estimate of drug-likeness (QED) is 0.485. The Bertz CT molecular complexity index is 1020. The molecule has 3 aromatic carbocycles. The number of carbonyl (C=O) groups is 2. The molecular weight excluding hydrogens is 433 g/mol. The lowest BCUT2D eigenvalue weighted by Gasteiger charge is -2.22. The van der Waals surface area contributed by atoms with Crippen LogP contribution in [0.1, 0.15) is 28.2 Å². The summed E-state index contributed by atoms with van der Waals surface area (Å²) in [4.78, 5) is 25.7. The second kappa shape index (κ2) is 10.8. The second-order valence-electron chi connectivity index (χ2n) is 7.41. The van der Waals surface area contributed by atoms with Crippen LogP contribution in [0.15, 0.2) is 84.9 Å². The summed E-state index contributed by atoms with van der Waals surface area (Å²) in [6, 6.07) is 21.2. The molecule has 2 amide bonds. The van der Waals surface area contributed by atoms with Crippen LogP contribution in [0.5, 0.6) is 0 Å². The number of alkyl halides is 3. The topological polar surface area (TPSA) is 78.4 Å². The Kier molecular flexibility index (Phi) is 7.84. The van der Waals surface area contributed by atoms with Crippen molar-refractivity contribution in [2.24, 2.45) is 0 Å². The van der Waals surface area contributed by atoms with Gasteiger partial charge in [0.15, 0.2) is 0 Å². The summed E-state index contributed by atoms with van der Waals surface area (Å²) in [7, 11) is 0. The van der Waals surface area contributed by atoms with Crippen molar-refractivity contribution in [3.05, 3.63) is 107 Å². The van der Waals surface area contributed by atoms with E-state index in [4.69, 9.17) is 0 Å². The van der Waals surface area contributed by atoms with Crippen LogP contribution >= 0.6 is 0 Å². The summed E-state index contributed by atoms with van der Waals surface area (Å²) in [5, 5.41) is 14.8. The number of halogens is 3. The van der Waals surface area contributed by atoms with Gasteiger partial charge in [-0.25, -0.2) is 0 Å². The van der Waals surface area contributed by atoms with Crippen LogP contribution < -0.4 is 10.6 Å². The van der Waals surface area contributed by atoms with Gasteiger partial charge in [-0.15, -0.1) is 0 Å². The predicted molar refractivity (Wildman–Crippen MR) is 117 cm³/mol. The van der Waals surface area contributed by atoms with E-state index in [1.165, 1.54) is 12.1 Å². The van der Waals surface area contributed by atoms with Gasteiger partial charge in [0.2, 0.25) is 11.8 Å². The Labute approximate surface area is 189 Å². The zero-order valence-corrected chi connectivity index (χ0v) is 17.5. The Balaban J connectivity index is 1.68. The van der Waals surface area contributed by atoms with Crippen molar-refractivity contribution in [1.82, 2.24) is 10.6 Å². The summed E-state index contributed by atoms with van der Waals surface area (Å²) in [6.07, 6.45) is -4.44. The monoisotopic (exact) mass is 456 g/mol. The maximum Gasteiger partial charge on any atom is 0.416 e. The third kappa shape index (κ3) is 6.43. The number of hydrogen-bond acceptors (Lipinski definition) is 3. The molecule has 0 aliphatic carbocycles. The smallest absolute Gasteiger partial charge is 0.394 e. The average Bonchev–Trinajstić information content (AvgIpc) is 2.82. The molecule has 3 aromatic rings. The van der Waals surface area contributed by atoms with Crippen molar-refractivity contribution in [3.63, 3.8) is 0 Å². The summed E-state index contributed by atoms with van der Waals surface area (Å²) < 4.78 is 38.0. The number of aliphatic hydroxyl groups is 1. The number of nitrogens with one attached hydrogen (secondary N) is 2. The van der Waals surface area contributed by atoms with Gasteiger partial charge < -0.3 is 15.7 Å². The van der Waals surface area contributed by atoms with Crippen LogP contribution in [0.25, 0.3) is 0 Å². The Morgan fingerprint density at radius 2 is 1.30 bits per heavy atom. The fourth-order valence-electron chi connectivity index (χ4n) is 3.36. The molecule has 3 rings (SSSR count). The molecule has 0 aromatic heterocycles. The van der Waals surface area contributed by atoms with Crippen molar-refractivity contribution < 1.29 is 27.9 Å². The third-order valence-corrected chi connectivity index (χ3v) is 5.09. The minimum Gasteiger partial charge on any atom is -0.394 e. The van der Waals surface area contributed by atoms with Gasteiger partial charge in [0.25, 0.3) is 0 Å². The molecule has 0 saturated heterocycles. The van der Waals surface area contributed by atoms with E-state index >= 15 is 0 Å². The van der Waals surface area contributed by atoms with E-state index in [0.29, 0.717) is 5.56 Å². The lowest BCUT2D eigenvalue weighted by molar-refractivity contribution is -0.137. The van der Waals surface area contributed by atoms with E-state index in [9.17, 15) is 27.9 Å². The van der Waals surface area contributed by atoms with Crippen LogP contribution in [0.4, 0.5) is 13.2 Å². The fourth-order valence-corrected chi connectivity index (χ4v) is 3.36. The molecule has 33 heavy (non-hydrogen) atoms. The molecule has 0 fully saturated rings. The maximum absolute atomic E-state index is 13.1. The highest BCUT2D eigenvalue weighted by Crippen LogP contribution is 2.29. The molecule has 8 heteroatoms. The first kappa shape index (κ1) is 24.0. The van der Waals surface area contributed by atoms with Crippen LogP contribution in [-0.2, 0) is 22.3 Å². The molecule has 0 bridgehead atoms. The first-order valence-corrected chi connectivity index (χ1v) is 10.2. The van der Waals surface area contributed by atoms with E-state index in [-0.39, 0.29) is 6.54 Å². The number of amides is 2. The van der Waals surface area contributed by atoms with Gasteiger partial charge in [-0.05, 0) is 28.8 Å². The van der Waals surface area contributed by atoms with Gasteiger partial charge in [0, 0.05) is 6.54 Å². The summed E-state index contributed by atoms with van der Waals surface area (Å²) in [6.45, 7) is -0.689. The van der Waals surface area contributed by atoms with Crippen LogP contribution in [0.2, 0.25) is 0 Å². The van der Waals surface area contributed by atoms with Crippen LogP contribution in [0.3, 0.4) is 0 Å². The molecular formula is C25H23F3N2O3. The number of carbonyl (C=O) groups excluding carboxylic acids is 2. The van der Waals surface area contributed by atoms with E-state index < -0.39 is 42.1 Å². The molecule has 5 nitrogen and oxygen atoms in total. The number of aliphatic hydroxyl groups excluding tert-OH is 1. The highest BCUT2D eigenvalue weighted by Gasteiger charge is 2.30. The second-order valence-corrected chi connectivity index (χ2v) is 7.41. The number of rotatable bonds is 8. The van der Waals surface area contributed by atoms with Gasteiger partial charge in [0.05, 0.1) is 18.1 Å². The maximum atomic E-state index is 13.1. The standard InChI is InChI=1S/C25H23F3N2O3/c26-25(27,28)20-13-11-17(12-14-20)15-29-23(32)21(16-31)30-24(33)22(18-7-3-1-4-8-18)19-9-5-2-6-10-19/h1-14,21-22,31H,15-16H2,(H,29,32)(H,30,33)/t21-/m0/s1. The van der Waals surface area contributed by atoms with E-state index in [1.54, 1.807) is 48.5 Å². The van der Waals surface area contributed by atoms with Gasteiger partial charge in [0.1, 0.15) is 6.04 Å². The molecule has 0 saturated carbocycles. The summed E-state index contributed by atoms with van der Waals surface area (Å²) in [5.74, 6) is -1.80. The van der Waals surface area contributed by atoms with Gasteiger partial charge in [-0.3, -0.25) is 9.59 Å². The molecule has 0 aliphatic rings. The Morgan fingerprint density at radius 1 is 0.788 bits per heavy atom. The molecule has 3 N–H and O–H groups in total. The first-order chi connectivity index (χ1) is 15.8.